The lowest BCUT2D eigenvalue weighted by atomic mass is 9.74. The molecule has 4 heterocycles. The molecule has 4 aliphatic rings. The number of carbonyl (C=O) groups excluding carboxylic acids is 4. The molecule has 0 radical (unpaired) electrons. The topological polar surface area (TPSA) is 226 Å². The van der Waals surface area contributed by atoms with Crippen LogP contribution in [0.1, 0.15) is 125 Å². The molecule has 0 aromatic heterocycles. The van der Waals surface area contributed by atoms with Crippen molar-refractivity contribution in [2.45, 2.75) is 230 Å². The number of esters is 3. The predicted molar refractivity (Wildman–Crippen MR) is 302 cm³/mol. The first-order valence-electron chi connectivity index (χ1n) is 29.1. The lowest BCUT2D eigenvalue weighted by molar-refractivity contribution is -0.356. The Kier molecular flexibility index (Phi) is 23.3. The molecule has 0 aliphatic carbocycles. The first-order chi connectivity index (χ1) is 38.5. The van der Waals surface area contributed by atoms with Crippen LogP contribution in [0, 0.1) is 23.7 Å². The summed E-state index contributed by atoms with van der Waals surface area (Å²) in [7, 11) is 10.6. The molecular weight excluding hydrogens is 1060 g/mol. The second-order valence-electron chi connectivity index (χ2n) is 24.5. The third-order valence-corrected chi connectivity index (χ3v) is 17.7. The Hall–Kier alpha value is -4.00. The van der Waals surface area contributed by atoms with Gasteiger partial charge in [-0.05, 0) is 114 Å². The number of aliphatic hydroxyl groups is 2. The SMILES string of the molecule is CC[C@H]1OC(=O)[C@H](C)[C@@H](O[C@H]2C[C@@](C)(OC)[C@@H](O[C@@H]3O[C@H](C)[C@@H](OCc4ccccc4)[C@H](N(C)C)[C@H]3OC(=O)c3ccccc3)[C@H](C)O2)[C@H](C)[C@@H](O[C@@H]2O[C@H](C)C[C@H](N(C)C)[C@H]2OC(C)=O)[C@@](C)(OC)C[C@@H](C)C(=O)[C@H](C)[C@@H](O)[C@]1(C)O. The zero-order chi connectivity index (χ0) is 60.8. The van der Waals surface area contributed by atoms with E-state index in [0.717, 1.165) is 5.56 Å². The van der Waals surface area contributed by atoms with Crippen molar-refractivity contribution in [2.75, 3.05) is 42.4 Å². The van der Waals surface area contributed by atoms with E-state index in [9.17, 15) is 29.4 Å². The van der Waals surface area contributed by atoms with Crippen LogP contribution in [-0.4, -0.2) is 201 Å². The highest BCUT2D eigenvalue weighted by molar-refractivity contribution is 5.89. The standard InChI is InChI=1S/C62H96N2O18/c1-19-45-62(12,70)53(67)36(4)48(66)34(2)31-60(10,71-17)54(81-58-51(77-41(9)65)44(63(13)14)30-35(3)74-58)37(5)49(38(6)56(68)78-45)79-46-32-61(11,72-18)55(40(8)75-46)82-59-52(80-57(69)43-28-24-21-25-29-43)47(64(15)16)50(39(7)76-59)73-33-42-26-22-20-23-27-42/h20-29,34-40,44-47,49-55,58-59,67,70H,19,30-33H2,1-18H3/t34-,35-,36+,37+,38-,39-,40+,44+,45-,46+,47+,49+,50-,51-,52-,53-,54-,55+,58+,59+,60+,61-,62-/m1/s1. The summed E-state index contributed by atoms with van der Waals surface area (Å²) in [6.07, 6.45) is -13.1. The average molecular weight is 1160 g/mol. The molecule has 0 unspecified atom stereocenters. The Bertz CT molecular complexity index is 2380. The van der Waals surface area contributed by atoms with Crippen molar-refractivity contribution in [3.8, 4) is 0 Å². The maximum absolute atomic E-state index is 14.9. The smallest absolute Gasteiger partial charge is 0.338 e. The van der Waals surface area contributed by atoms with Crippen LogP contribution < -0.4 is 0 Å². The van der Waals surface area contributed by atoms with Gasteiger partial charge in [-0.1, -0.05) is 76.2 Å². The number of likely N-dealkylation sites (N-methyl/N-ethyl adjacent to an activating group) is 2. The number of carbonyl (C=O) groups is 4. The first kappa shape index (κ1) is 67.1. The van der Waals surface area contributed by atoms with E-state index >= 15 is 0 Å². The second-order valence-corrected chi connectivity index (χ2v) is 24.5. The van der Waals surface area contributed by atoms with Gasteiger partial charge in [0.25, 0.3) is 0 Å². The number of aliphatic hydroxyl groups excluding tert-OH is 1. The van der Waals surface area contributed by atoms with Gasteiger partial charge in [-0.15, -0.1) is 0 Å². The van der Waals surface area contributed by atoms with Crippen molar-refractivity contribution >= 4 is 23.7 Å². The molecule has 2 aromatic rings. The molecule has 6 rings (SSSR count). The summed E-state index contributed by atoms with van der Waals surface area (Å²) in [5.74, 6) is -6.11. The van der Waals surface area contributed by atoms with Crippen LogP contribution in [-0.2, 0) is 77.8 Å². The minimum Gasteiger partial charge on any atom is -0.459 e. The van der Waals surface area contributed by atoms with Gasteiger partial charge in [-0.3, -0.25) is 14.4 Å². The fourth-order valence-corrected chi connectivity index (χ4v) is 12.9. The Morgan fingerprint density at radius 3 is 1.85 bits per heavy atom. The van der Waals surface area contributed by atoms with Gasteiger partial charge in [0.1, 0.15) is 29.7 Å². The van der Waals surface area contributed by atoms with Crippen LogP contribution in [0.3, 0.4) is 0 Å². The van der Waals surface area contributed by atoms with Crippen molar-refractivity contribution in [2.24, 2.45) is 23.7 Å². The highest BCUT2D eigenvalue weighted by Crippen LogP contribution is 2.44. The number of ether oxygens (including phenoxy) is 12. The van der Waals surface area contributed by atoms with E-state index in [1.807, 2.05) is 109 Å². The van der Waals surface area contributed by atoms with Crippen LogP contribution in [0.2, 0.25) is 0 Å². The molecule has 2 N–H and O–H groups in total. The van der Waals surface area contributed by atoms with Crippen molar-refractivity contribution in [3.63, 3.8) is 0 Å². The van der Waals surface area contributed by atoms with Crippen LogP contribution in [0.15, 0.2) is 60.7 Å². The monoisotopic (exact) mass is 1160 g/mol. The van der Waals surface area contributed by atoms with Gasteiger partial charge in [-0.2, -0.15) is 0 Å². The highest BCUT2D eigenvalue weighted by atomic mass is 16.8. The van der Waals surface area contributed by atoms with Crippen molar-refractivity contribution in [1.82, 2.24) is 9.80 Å². The zero-order valence-electron chi connectivity index (χ0n) is 51.7. The number of ketones is 1. The van der Waals surface area contributed by atoms with E-state index in [2.05, 4.69) is 0 Å². The maximum atomic E-state index is 14.9. The Morgan fingerprint density at radius 1 is 0.695 bits per heavy atom. The van der Waals surface area contributed by atoms with Crippen LogP contribution in [0.25, 0.3) is 0 Å². The van der Waals surface area contributed by atoms with E-state index in [1.54, 1.807) is 66.0 Å². The number of nitrogens with zero attached hydrogens (tertiary/aromatic N) is 2. The number of methoxy groups -OCH3 is 2. The minimum absolute atomic E-state index is 0.0252. The zero-order valence-corrected chi connectivity index (χ0v) is 51.7. The van der Waals surface area contributed by atoms with Crippen molar-refractivity contribution < 1.29 is 86.2 Å². The van der Waals surface area contributed by atoms with Crippen LogP contribution in [0.4, 0.5) is 0 Å². The molecule has 4 saturated heterocycles. The molecule has 462 valence electrons. The van der Waals surface area contributed by atoms with Crippen molar-refractivity contribution in [3.05, 3.63) is 71.8 Å². The lowest BCUT2D eigenvalue weighted by Gasteiger charge is -2.52. The van der Waals surface area contributed by atoms with E-state index in [1.165, 1.54) is 21.0 Å². The molecule has 4 aliphatic heterocycles. The van der Waals surface area contributed by atoms with Gasteiger partial charge >= 0.3 is 17.9 Å². The van der Waals surface area contributed by atoms with E-state index in [4.69, 9.17) is 56.8 Å². The molecule has 2 aromatic carbocycles. The normalized spacial score (nSPS) is 40.9. The number of hydrogen-bond acceptors (Lipinski definition) is 20. The Labute approximate surface area is 486 Å². The summed E-state index contributed by atoms with van der Waals surface area (Å²) in [6.45, 7) is 20.7. The van der Waals surface area contributed by atoms with E-state index < -0.39 is 144 Å². The molecular formula is C62H96N2O18. The largest absolute Gasteiger partial charge is 0.459 e. The molecule has 82 heavy (non-hydrogen) atoms. The first-order valence-corrected chi connectivity index (χ1v) is 29.1. The molecule has 20 heteroatoms. The van der Waals surface area contributed by atoms with Gasteiger partial charge in [0, 0.05) is 45.3 Å². The van der Waals surface area contributed by atoms with E-state index in [-0.39, 0.29) is 43.8 Å². The molecule has 20 nitrogen and oxygen atoms in total. The molecule has 0 saturated carbocycles. The number of benzene rings is 2. The fraction of sp³-hybridized carbons (Fsp3) is 0.742. The molecule has 0 amide bonds. The highest BCUT2D eigenvalue weighted by Gasteiger charge is 2.57. The van der Waals surface area contributed by atoms with Gasteiger partial charge in [0.15, 0.2) is 31.1 Å². The fourth-order valence-electron chi connectivity index (χ4n) is 12.9. The van der Waals surface area contributed by atoms with Crippen molar-refractivity contribution in [1.29, 1.82) is 0 Å². The van der Waals surface area contributed by atoms with Gasteiger partial charge in [0.2, 0.25) is 0 Å². The number of hydrogen-bond donors (Lipinski definition) is 2. The van der Waals surface area contributed by atoms with Gasteiger partial charge < -0.3 is 76.9 Å². The minimum atomic E-state index is -2.05. The number of cyclic esters (lactones) is 1. The van der Waals surface area contributed by atoms with Crippen LogP contribution in [0.5, 0.6) is 0 Å². The predicted octanol–water partition coefficient (Wildman–Crippen LogP) is 6.52. The molecule has 0 spiro atoms. The lowest BCUT2D eigenvalue weighted by Crippen LogP contribution is -2.67. The quantitative estimate of drug-likeness (QED) is 0.127. The molecule has 23 atom stereocenters. The molecule has 0 bridgehead atoms. The van der Waals surface area contributed by atoms with Crippen LogP contribution >= 0.6 is 0 Å². The summed E-state index contributed by atoms with van der Waals surface area (Å²) in [5.41, 5.74) is -3.34. The van der Waals surface area contributed by atoms with Gasteiger partial charge in [-0.25, -0.2) is 4.79 Å². The summed E-state index contributed by atoms with van der Waals surface area (Å²) >= 11 is 0. The Morgan fingerprint density at radius 2 is 1.28 bits per heavy atom. The van der Waals surface area contributed by atoms with E-state index in [0.29, 0.717) is 12.0 Å². The summed E-state index contributed by atoms with van der Waals surface area (Å²) in [5, 5.41) is 23.8. The van der Waals surface area contributed by atoms with Gasteiger partial charge in [0.05, 0.1) is 78.0 Å². The maximum Gasteiger partial charge on any atom is 0.338 e. The third-order valence-electron chi connectivity index (χ3n) is 17.7. The summed E-state index contributed by atoms with van der Waals surface area (Å²) < 4.78 is 79.6. The third kappa shape index (κ3) is 15.3. The molecule has 4 fully saturated rings. The number of rotatable bonds is 17. The Balaban J connectivity index is 1.40. The second kappa shape index (κ2) is 28.5. The average Bonchev–Trinajstić information content (AvgIpc) is 2.95. The number of Topliss-reactive ketones (excluding diaryl/α,β-unsaturated/α-hetero) is 1. The summed E-state index contributed by atoms with van der Waals surface area (Å²) in [4.78, 5) is 60.1. The summed E-state index contributed by atoms with van der Waals surface area (Å²) in [6, 6.07) is 17.6.